The molecule has 0 radical (unpaired) electrons. The van der Waals surface area contributed by atoms with Gasteiger partial charge in [-0.05, 0) is 26.9 Å². The zero-order valence-corrected chi connectivity index (χ0v) is 13.6. The maximum absolute atomic E-state index is 5.96. The number of hydrogen-bond acceptors (Lipinski definition) is 1. The van der Waals surface area contributed by atoms with Crippen molar-refractivity contribution in [3.05, 3.63) is 0 Å². The van der Waals surface area contributed by atoms with Crippen molar-refractivity contribution >= 4 is 11.6 Å². The molecule has 0 spiro atoms. The Bertz CT molecular complexity index is 159. The number of hydrogen-bond donors (Lipinski definition) is 0. The first-order valence-corrected chi connectivity index (χ1v) is 8.43. The van der Waals surface area contributed by atoms with Crippen LogP contribution in [0, 0.1) is 0 Å². The van der Waals surface area contributed by atoms with E-state index in [-0.39, 0.29) is 5.38 Å². The van der Waals surface area contributed by atoms with Gasteiger partial charge < -0.3 is 4.90 Å². The summed E-state index contributed by atoms with van der Waals surface area (Å²) in [4.78, 5) is 2.35. The van der Waals surface area contributed by atoms with Crippen LogP contribution in [0.25, 0.3) is 0 Å². The van der Waals surface area contributed by atoms with Crippen LogP contribution in [0.15, 0.2) is 0 Å². The van der Waals surface area contributed by atoms with E-state index in [2.05, 4.69) is 25.8 Å². The van der Waals surface area contributed by atoms with Gasteiger partial charge in [0.15, 0.2) is 0 Å². The molecule has 0 aliphatic heterocycles. The molecule has 0 aromatic carbocycles. The Balaban J connectivity index is 3.07. The zero-order chi connectivity index (χ0) is 13.6. The van der Waals surface area contributed by atoms with Crippen LogP contribution in [0.4, 0.5) is 0 Å². The van der Waals surface area contributed by atoms with E-state index in [9.17, 15) is 0 Å². The average Bonchev–Trinajstić information content (AvgIpc) is 2.30. The molecule has 0 saturated carbocycles. The predicted molar refractivity (Wildman–Crippen MR) is 84.7 cm³/mol. The summed E-state index contributed by atoms with van der Waals surface area (Å²) in [7, 11) is 2.17. The van der Waals surface area contributed by atoms with Crippen LogP contribution in [-0.2, 0) is 0 Å². The molecule has 0 bridgehead atoms. The Morgan fingerprint density at radius 2 is 1.28 bits per heavy atom. The highest BCUT2D eigenvalue weighted by atomic mass is 35.5. The number of unbranched alkanes of at least 4 members (excludes halogenated alkanes) is 9. The van der Waals surface area contributed by atoms with E-state index in [1.807, 2.05) is 0 Å². The van der Waals surface area contributed by atoms with Crippen molar-refractivity contribution in [1.82, 2.24) is 4.90 Å². The van der Waals surface area contributed by atoms with Crippen molar-refractivity contribution in [2.75, 3.05) is 20.1 Å². The van der Waals surface area contributed by atoms with E-state index in [1.54, 1.807) is 0 Å². The van der Waals surface area contributed by atoms with Gasteiger partial charge >= 0.3 is 0 Å². The standard InChI is InChI=1S/C16H34ClN/c1-4-5-6-7-8-9-10-11-12-13-14-18(3)15-16(2)17/h16H,4-15H2,1-3H3. The van der Waals surface area contributed by atoms with Gasteiger partial charge in [0.2, 0.25) is 0 Å². The molecule has 0 aromatic heterocycles. The first-order chi connectivity index (χ1) is 8.66. The van der Waals surface area contributed by atoms with Crippen LogP contribution >= 0.6 is 11.6 Å². The highest BCUT2D eigenvalue weighted by Crippen LogP contribution is 2.10. The molecule has 18 heavy (non-hydrogen) atoms. The third-order valence-corrected chi connectivity index (χ3v) is 3.59. The first kappa shape index (κ1) is 18.2. The summed E-state index contributed by atoms with van der Waals surface area (Å²) in [6, 6.07) is 0. The lowest BCUT2D eigenvalue weighted by Crippen LogP contribution is -2.25. The zero-order valence-electron chi connectivity index (χ0n) is 12.9. The van der Waals surface area contributed by atoms with Crippen molar-refractivity contribution in [2.45, 2.75) is 83.4 Å². The van der Waals surface area contributed by atoms with Crippen LogP contribution in [0.2, 0.25) is 0 Å². The molecular formula is C16H34ClN. The largest absolute Gasteiger partial charge is 0.305 e. The van der Waals surface area contributed by atoms with Gasteiger partial charge in [-0.15, -0.1) is 11.6 Å². The van der Waals surface area contributed by atoms with Crippen molar-refractivity contribution < 1.29 is 0 Å². The Hall–Kier alpha value is 0.250. The van der Waals surface area contributed by atoms with Crippen molar-refractivity contribution in [3.8, 4) is 0 Å². The predicted octanol–water partition coefficient (Wildman–Crippen LogP) is 5.47. The molecule has 0 rings (SSSR count). The van der Waals surface area contributed by atoms with Gasteiger partial charge in [0.25, 0.3) is 0 Å². The van der Waals surface area contributed by atoms with Gasteiger partial charge in [-0.2, -0.15) is 0 Å². The number of alkyl halides is 1. The van der Waals surface area contributed by atoms with E-state index in [1.165, 1.54) is 70.8 Å². The molecule has 0 saturated heterocycles. The smallest absolute Gasteiger partial charge is 0.0434 e. The van der Waals surface area contributed by atoms with Gasteiger partial charge in [0, 0.05) is 11.9 Å². The summed E-state index contributed by atoms with van der Waals surface area (Å²) in [5, 5.41) is 0.276. The fourth-order valence-corrected chi connectivity index (χ4v) is 2.63. The molecule has 0 aromatic rings. The van der Waals surface area contributed by atoms with Crippen LogP contribution in [0.5, 0.6) is 0 Å². The monoisotopic (exact) mass is 275 g/mol. The molecule has 110 valence electrons. The minimum Gasteiger partial charge on any atom is -0.305 e. The highest BCUT2D eigenvalue weighted by molar-refractivity contribution is 6.20. The lowest BCUT2D eigenvalue weighted by Gasteiger charge is -2.17. The van der Waals surface area contributed by atoms with Gasteiger partial charge in [-0.25, -0.2) is 0 Å². The minimum atomic E-state index is 0.276. The maximum Gasteiger partial charge on any atom is 0.0434 e. The van der Waals surface area contributed by atoms with Gasteiger partial charge in [-0.3, -0.25) is 0 Å². The molecule has 1 unspecified atom stereocenters. The number of rotatable bonds is 13. The van der Waals surface area contributed by atoms with E-state index in [4.69, 9.17) is 11.6 Å². The van der Waals surface area contributed by atoms with Gasteiger partial charge in [0.1, 0.15) is 0 Å². The Labute approximate surface area is 120 Å². The highest BCUT2D eigenvalue weighted by Gasteiger charge is 2.02. The molecule has 2 heteroatoms. The molecule has 1 atom stereocenters. The summed E-state index contributed by atoms with van der Waals surface area (Å²) in [5.74, 6) is 0. The van der Waals surface area contributed by atoms with E-state index < -0.39 is 0 Å². The van der Waals surface area contributed by atoms with E-state index in [0.29, 0.717) is 0 Å². The Kier molecular flexibility index (Phi) is 13.9. The fourth-order valence-electron chi connectivity index (χ4n) is 2.39. The number of nitrogens with zero attached hydrogens (tertiary/aromatic N) is 1. The second-order valence-corrected chi connectivity index (χ2v) is 6.47. The topological polar surface area (TPSA) is 3.24 Å². The van der Waals surface area contributed by atoms with Gasteiger partial charge in [0.05, 0.1) is 0 Å². The SMILES string of the molecule is CCCCCCCCCCCCN(C)CC(C)Cl. The third kappa shape index (κ3) is 14.3. The summed E-state index contributed by atoms with van der Waals surface area (Å²) in [6.45, 7) is 6.56. The Morgan fingerprint density at radius 1 is 0.833 bits per heavy atom. The fraction of sp³-hybridized carbons (Fsp3) is 1.00. The third-order valence-electron chi connectivity index (χ3n) is 3.46. The van der Waals surface area contributed by atoms with Gasteiger partial charge in [-0.1, -0.05) is 64.7 Å². The molecule has 0 heterocycles. The summed E-state index contributed by atoms with van der Waals surface area (Å²) in [6.07, 6.45) is 14.1. The summed E-state index contributed by atoms with van der Waals surface area (Å²) in [5.41, 5.74) is 0. The molecule has 0 aliphatic rings. The lowest BCUT2D eigenvalue weighted by atomic mass is 10.1. The van der Waals surface area contributed by atoms with Crippen LogP contribution in [0.1, 0.15) is 78.1 Å². The second kappa shape index (κ2) is 13.7. The summed E-state index contributed by atoms with van der Waals surface area (Å²) < 4.78 is 0. The van der Waals surface area contributed by atoms with E-state index >= 15 is 0 Å². The van der Waals surface area contributed by atoms with Crippen LogP contribution in [-0.4, -0.2) is 30.4 Å². The molecule has 0 aliphatic carbocycles. The molecule has 0 N–H and O–H groups in total. The normalized spacial score (nSPS) is 13.2. The average molecular weight is 276 g/mol. The second-order valence-electron chi connectivity index (χ2n) is 5.72. The minimum absolute atomic E-state index is 0.276. The van der Waals surface area contributed by atoms with E-state index in [0.717, 1.165) is 6.54 Å². The molecular weight excluding hydrogens is 242 g/mol. The van der Waals surface area contributed by atoms with Crippen molar-refractivity contribution in [3.63, 3.8) is 0 Å². The maximum atomic E-state index is 5.96. The van der Waals surface area contributed by atoms with Crippen LogP contribution < -0.4 is 0 Å². The Morgan fingerprint density at radius 3 is 1.72 bits per heavy atom. The molecule has 0 amide bonds. The molecule has 0 fully saturated rings. The quantitative estimate of drug-likeness (QED) is 0.318. The lowest BCUT2D eigenvalue weighted by molar-refractivity contribution is 0.326. The molecule has 1 nitrogen and oxygen atoms in total. The van der Waals surface area contributed by atoms with Crippen LogP contribution in [0.3, 0.4) is 0 Å². The first-order valence-electron chi connectivity index (χ1n) is 7.99. The van der Waals surface area contributed by atoms with Crippen molar-refractivity contribution in [2.24, 2.45) is 0 Å². The van der Waals surface area contributed by atoms with Crippen molar-refractivity contribution in [1.29, 1.82) is 0 Å². The summed E-state index contributed by atoms with van der Waals surface area (Å²) >= 11 is 5.96. The number of halogens is 1.